The summed E-state index contributed by atoms with van der Waals surface area (Å²) in [7, 11) is 0. The van der Waals surface area contributed by atoms with Gasteiger partial charge in [0, 0.05) is 12.5 Å². The molecule has 0 aromatic heterocycles. The van der Waals surface area contributed by atoms with Gasteiger partial charge in [0.05, 0.1) is 5.92 Å². The van der Waals surface area contributed by atoms with Crippen LogP contribution in [0.1, 0.15) is 43.7 Å². The van der Waals surface area contributed by atoms with Crippen LogP contribution in [0.15, 0.2) is 48.5 Å². The molecular weight excluding hydrogens is 396 g/mol. The fraction of sp³-hybridized carbons (Fsp3) is 0.375. The van der Waals surface area contributed by atoms with Gasteiger partial charge in [-0.2, -0.15) is 0 Å². The molecule has 164 valence electrons. The minimum Gasteiger partial charge on any atom is -0.480 e. The lowest BCUT2D eigenvalue weighted by atomic mass is 9.98. The molecule has 0 radical (unpaired) electrons. The molecule has 2 amide bonds. The van der Waals surface area contributed by atoms with Crippen molar-refractivity contribution < 1.29 is 24.2 Å². The summed E-state index contributed by atoms with van der Waals surface area (Å²) in [5, 5.41) is 14.1. The summed E-state index contributed by atoms with van der Waals surface area (Å²) >= 11 is 0. The lowest BCUT2D eigenvalue weighted by Crippen LogP contribution is -2.45. The summed E-state index contributed by atoms with van der Waals surface area (Å²) in [5.41, 5.74) is 4.56. The van der Waals surface area contributed by atoms with Crippen molar-refractivity contribution in [1.29, 1.82) is 0 Å². The van der Waals surface area contributed by atoms with Gasteiger partial charge >= 0.3 is 12.1 Å². The maximum Gasteiger partial charge on any atom is 0.407 e. The number of carbonyl (C=O) groups excluding carboxylic acids is 2. The quantitative estimate of drug-likeness (QED) is 0.571. The maximum absolute atomic E-state index is 12.3. The van der Waals surface area contributed by atoms with Crippen molar-refractivity contribution in [2.45, 2.75) is 38.6 Å². The number of hydrogen-bond donors (Lipinski definition) is 3. The standard InChI is InChI=1S/C24H28N2O5/c1-3-8-16(22(27)26-15(2)23(28)29)13-25-24(30)31-14-21-19-11-6-4-9-17(19)18-10-5-7-12-20(18)21/h4-7,9-12,15-16,21H,3,8,13-14H2,1-2H3,(H,25,30)(H,26,27)(H,28,29). The van der Waals surface area contributed by atoms with Crippen molar-refractivity contribution in [2.24, 2.45) is 5.92 Å². The van der Waals surface area contributed by atoms with E-state index in [1.807, 2.05) is 43.3 Å². The molecule has 3 rings (SSSR count). The highest BCUT2D eigenvalue weighted by Gasteiger charge is 2.29. The maximum atomic E-state index is 12.3. The number of aliphatic carboxylic acids is 1. The zero-order chi connectivity index (χ0) is 22.4. The second-order valence-electron chi connectivity index (χ2n) is 7.76. The molecule has 0 saturated heterocycles. The van der Waals surface area contributed by atoms with Gasteiger partial charge in [0.1, 0.15) is 12.6 Å². The van der Waals surface area contributed by atoms with Gasteiger partial charge in [0.25, 0.3) is 0 Å². The second kappa shape index (κ2) is 10.1. The van der Waals surface area contributed by atoms with Crippen molar-refractivity contribution >= 4 is 18.0 Å². The van der Waals surface area contributed by atoms with Crippen molar-refractivity contribution in [2.75, 3.05) is 13.2 Å². The van der Waals surface area contributed by atoms with E-state index in [9.17, 15) is 14.4 Å². The van der Waals surface area contributed by atoms with E-state index >= 15 is 0 Å². The molecule has 2 aromatic carbocycles. The molecule has 2 aromatic rings. The van der Waals surface area contributed by atoms with Crippen LogP contribution in [0.25, 0.3) is 11.1 Å². The minimum atomic E-state index is -1.10. The zero-order valence-corrected chi connectivity index (χ0v) is 17.8. The Morgan fingerprint density at radius 2 is 1.61 bits per heavy atom. The second-order valence-corrected chi connectivity index (χ2v) is 7.76. The molecule has 2 atom stereocenters. The van der Waals surface area contributed by atoms with Crippen molar-refractivity contribution in [3.63, 3.8) is 0 Å². The van der Waals surface area contributed by atoms with Gasteiger partial charge in [0.2, 0.25) is 5.91 Å². The number of rotatable bonds is 9. The molecule has 1 aliphatic rings. The van der Waals surface area contributed by atoms with E-state index in [0.717, 1.165) is 28.7 Å². The predicted octanol–water partition coefficient (Wildman–Crippen LogP) is 3.53. The minimum absolute atomic E-state index is 0.0377. The van der Waals surface area contributed by atoms with E-state index in [2.05, 4.69) is 22.8 Å². The Morgan fingerprint density at radius 1 is 1.03 bits per heavy atom. The number of alkyl carbamates (subject to hydrolysis) is 1. The Balaban J connectivity index is 1.57. The number of hydrogen-bond acceptors (Lipinski definition) is 4. The highest BCUT2D eigenvalue weighted by atomic mass is 16.5. The summed E-state index contributed by atoms with van der Waals surface area (Å²) in [6.07, 6.45) is 0.662. The van der Waals surface area contributed by atoms with E-state index in [-0.39, 0.29) is 19.1 Å². The normalized spacial score (nSPS) is 14.1. The van der Waals surface area contributed by atoms with E-state index < -0.39 is 29.9 Å². The summed E-state index contributed by atoms with van der Waals surface area (Å²) in [6, 6.07) is 15.2. The molecule has 0 saturated carbocycles. The predicted molar refractivity (Wildman–Crippen MR) is 117 cm³/mol. The Morgan fingerprint density at radius 3 is 2.16 bits per heavy atom. The lowest BCUT2D eigenvalue weighted by molar-refractivity contribution is -0.141. The third-order valence-corrected chi connectivity index (χ3v) is 5.57. The van der Waals surface area contributed by atoms with Gasteiger partial charge in [-0.05, 0) is 35.6 Å². The zero-order valence-electron chi connectivity index (χ0n) is 17.8. The third-order valence-electron chi connectivity index (χ3n) is 5.57. The molecule has 7 nitrogen and oxygen atoms in total. The van der Waals surface area contributed by atoms with Crippen molar-refractivity contribution in [3.05, 3.63) is 59.7 Å². The Labute approximate surface area is 181 Å². The summed E-state index contributed by atoms with van der Waals surface area (Å²) in [6.45, 7) is 3.61. The van der Waals surface area contributed by atoms with Crippen molar-refractivity contribution in [1.82, 2.24) is 10.6 Å². The van der Waals surface area contributed by atoms with E-state index in [1.54, 1.807) is 0 Å². The third kappa shape index (κ3) is 5.23. The molecule has 1 aliphatic carbocycles. The van der Waals surface area contributed by atoms with Gasteiger partial charge in [-0.25, -0.2) is 4.79 Å². The first-order valence-electron chi connectivity index (χ1n) is 10.5. The van der Waals surface area contributed by atoms with Gasteiger partial charge in [-0.3, -0.25) is 9.59 Å². The summed E-state index contributed by atoms with van der Waals surface area (Å²) in [5.74, 6) is -2.06. The fourth-order valence-electron chi connectivity index (χ4n) is 3.92. The van der Waals surface area contributed by atoms with E-state index in [0.29, 0.717) is 6.42 Å². The van der Waals surface area contributed by atoms with Crippen LogP contribution in [0.5, 0.6) is 0 Å². The Bertz CT molecular complexity index is 913. The van der Waals surface area contributed by atoms with Crippen LogP contribution in [0.4, 0.5) is 4.79 Å². The number of carboxylic acids is 1. The fourth-order valence-corrected chi connectivity index (χ4v) is 3.92. The topological polar surface area (TPSA) is 105 Å². The molecular formula is C24H28N2O5. The first kappa shape index (κ1) is 22.3. The molecule has 3 N–H and O–H groups in total. The monoisotopic (exact) mass is 424 g/mol. The lowest BCUT2D eigenvalue weighted by Gasteiger charge is -2.19. The number of ether oxygens (including phenoxy) is 1. The van der Waals surface area contributed by atoms with Gasteiger partial charge < -0.3 is 20.5 Å². The molecule has 0 fully saturated rings. The highest BCUT2D eigenvalue weighted by Crippen LogP contribution is 2.44. The van der Waals surface area contributed by atoms with Gasteiger partial charge in [-0.15, -0.1) is 0 Å². The molecule has 2 unspecified atom stereocenters. The average molecular weight is 424 g/mol. The van der Waals surface area contributed by atoms with Crippen LogP contribution < -0.4 is 10.6 Å². The highest BCUT2D eigenvalue weighted by molar-refractivity contribution is 5.85. The number of amides is 2. The van der Waals surface area contributed by atoms with Crippen LogP contribution in [-0.4, -0.2) is 42.3 Å². The number of carboxylic acid groups (broad SMARTS) is 1. The SMILES string of the molecule is CCCC(CNC(=O)OCC1c2ccccc2-c2ccccc21)C(=O)NC(C)C(=O)O. The molecule has 31 heavy (non-hydrogen) atoms. The molecule has 7 heteroatoms. The Hall–Kier alpha value is -3.35. The van der Waals surface area contributed by atoms with Crippen LogP contribution in [0.3, 0.4) is 0 Å². The number of fused-ring (bicyclic) bond motifs is 3. The van der Waals surface area contributed by atoms with E-state index in [4.69, 9.17) is 9.84 Å². The van der Waals surface area contributed by atoms with E-state index in [1.165, 1.54) is 6.92 Å². The first-order chi connectivity index (χ1) is 14.9. The van der Waals surface area contributed by atoms with Crippen LogP contribution in [-0.2, 0) is 14.3 Å². The smallest absolute Gasteiger partial charge is 0.407 e. The molecule has 0 bridgehead atoms. The largest absolute Gasteiger partial charge is 0.480 e. The molecule has 0 aliphatic heterocycles. The van der Waals surface area contributed by atoms with Crippen LogP contribution in [0.2, 0.25) is 0 Å². The first-order valence-corrected chi connectivity index (χ1v) is 10.5. The van der Waals surface area contributed by atoms with Crippen LogP contribution >= 0.6 is 0 Å². The van der Waals surface area contributed by atoms with Crippen molar-refractivity contribution in [3.8, 4) is 11.1 Å². The number of benzene rings is 2. The molecule has 0 heterocycles. The number of nitrogens with one attached hydrogen (secondary N) is 2. The summed E-state index contributed by atoms with van der Waals surface area (Å²) in [4.78, 5) is 35.6. The molecule has 0 spiro atoms. The van der Waals surface area contributed by atoms with Crippen LogP contribution in [0, 0.1) is 5.92 Å². The summed E-state index contributed by atoms with van der Waals surface area (Å²) < 4.78 is 5.49. The van der Waals surface area contributed by atoms with Gasteiger partial charge in [-0.1, -0.05) is 61.9 Å². The average Bonchev–Trinajstić information content (AvgIpc) is 3.08. The van der Waals surface area contributed by atoms with Gasteiger partial charge in [0.15, 0.2) is 0 Å². The Kier molecular flexibility index (Phi) is 7.28. The number of carbonyl (C=O) groups is 3.